The largest absolute Gasteiger partial charge is 0.416 e. The Labute approximate surface area is 147 Å². The fourth-order valence-corrected chi connectivity index (χ4v) is 3.26. The highest BCUT2D eigenvalue weighted by Gasteiger charge is 2.37. The lowest BCUT2D eigenvalue weighted by atomic mass is 9.83. The van der Waals surface area contributed by atoms with Gasteiger partial charge in [0.15, 0.2) is 0 Å². The molecular weight excluding hydrogens is 353 g/mol. The molecule has 0 spiro atoms. The molecule has 3 rings (SSSR count). The molecule has 2 aromatic rings. The molecule has 1 aliphatic rings. The summed E-state index contributed by atoms with van der Waals surface area (Å²) >= 11 is 0. The molecule has 0 aromatic heterocycles. The van der Waals surface area contributed by atoms with Crippen molar-refractivity contribution in [2.24, 2.45) is 0 Å². The van der Waals surface area contributed by atoms with Gasteiger partial charge in [0.1, 0.15) is 11.6 Å². The van der Waals surface area contributed by atoms with Gasteiger partial charge in [-0.25, -0.2) is 8.78 Å². The van der Waals surface area contributed by atoms with Gasteiger partial charge in [-0.05, 0) is 42.7 Å². The summed E-state index contributed by atoms with van der Waals surface area (Å²) in [6, 6.07) is 8.33. The molecule has 2 aromatic carbocycles. The highest BCUT2D eigenvalue weighted by Crippen LogP contribution is 2.37. The van der Waals surface area contributed by atoms with Crippen molar-refractivity contribution in [1.82, 2.24) is 4.90 Å². The van der Waals surface area contributed by atoms with Crippen LogP contribution in [0, 0.1) is 11.6 Å². The van der Waals surface area contributed by atoms with Gasteiger partial charge in [0.25, 0.3) is 0 Å². The van der Waals surface area contributed by atoms with Crippen LogP contribution in [0.1, 0.15) is 29.5 Å². The van der Waals surface area contributed by atoms with Gasteiger partial charge in [-0.2, -0.15) is 13.2 Å². The minimum atomic E-state index is -4.48. The zero-order chi connectivity index (χ0) is 18.9. The molecule has 1 saturated heterocycles. The Morgan fingerprint density at radius 2 is 1.54 bits per heavy atom. The lowest BCUT2D eigenvalue weighted by Crippen LogP contribution is -2.42. The Morgan fingerprint density at radius 3 is 2.12 bits per heavy atom. The second-order valence-electron chi connectivity index (χ2n) is 6.59. The first-order valence-corrected chi connectivity index (χ1v) is 8.24. The summed E-state index contributed by atoms with van der Waals surface area (Å²) in [5.41, 5.74) is -2.02. The number of hydrogen-bond donors (Lipinski definition) is 1. The fraction of sp³-hybridized carbons (Fsp3) is 0.368. The molecule has 0 saturated carbocycles. The molecule has 0 amide bonds. The van der Waals surface area contributed by atoms with Crippen LogP contribution in [-0.4, -0.2) is 23.1 Å². The Morgan fingerprint density at radius 1 is 0.962 bits per heavy atom. The van der Waals surface area contributed by atoms with Gasteiger partial charge in [0, 0.05) is 25.2 Å². The summed E-state index contributed by atoms with van der Waals surface area (Å²) in [7, 11) is 0. The molecule has 1 heterocycles. The van der Waals surface area contributed by atoms with E-state index in [1.807, 2.05) is 0 Å². The third-order valence-corrected chi connectivity index (χ3v) is 4.85. The average molecular weight is 371 g/mol. The van der Waals surface area contributed by atoms with Crippen LogP contribution < -0.4 is 0 Å². The van der Waals surface area contributed by atoms with E-state index in [-0.39, 0.29) is 30.5 Å². The van der Waals surface area contributed by atoms with Crippen molar-refractivity contribution in [3.05, 3.63) is 70.8 Å². The van der Waals surface area contributed by atoms with Gasteiger partial charge >= 0.3 is 6.18 Å². The van der Waals surface area contributed by atoms with E-state index in [0.717, 1.165) is 12.1 Å². The zero-order valence-corrected chi connectivity index (χ0v) is 13.9. The van der Waals surface area contributed by atoms with Crippen molar-refractivity contribution < 1.29 is 27.1 Å². The first-order valence-electron chi connectivity index (χ1n) is 8.24. The van der Waals surface area contributed by atoms with Crippen LogP contribution in [0.15, 0.2) is 42.5 Å². The molecule has 0 atom stereocenters. The van der Waals surface area contributed by atoms with Crippen LogP contribution in [0.25, 0.3) is 0 Å². The van der Waals surface area contributed by atoms with Crippen LogP contribution in [0.5, 0.6) is 0 Å². The molecule has 2 nitrogen and oxygen atoms in total. The lowest BCUT2D eigenvalue weighted by Gasteiger charge is -2.38. The third kappa shape index (κ3) is 3.88. The molecule has 1 N–H and O–H groups in total. The highest BCUT2D eigenvalue weighted by atomic mass is 19.4. The highest BCUT2D eigenvalue weighted by molar-refractivity contribution is 5.30. The number of benzene rings is 2. The van der Waals surface area contributed by atoms with Gasteiger partial charge in [-0.1, -0.05) is 18.2 Å². The first-order chi connectivity index (χ1) is 12.2. The second-order valence-corrected chi connectivity index (χ2v) is 6.59. The number of aliphatic hydroxyl groups is 1. The van der Waals surface area contributed by atoms with Crippen molar-refractivity contribution >= 4 is 0 Å². The molecule has 140 valence electrons. The zero-order valence-electron chi connectivity index (χ0n) is 13.9. The van der Waals surface area contributed by atoms with E-state index in [1.165, 1.54) is 30.3 Å². The van der Waals surface area contributed by atoms with Crippen molar-refractivity contribution in [3.63, 3.8) is 0 Å². The summed E-state index contributed by atoms with van der Waals surface area (Å²) < 4.78 is 66.1. The normalized spacial score (nSPS) is 18.1. The molecule has 1 aliphatic heterocycles. The van der Waals surface area contributed by atoms with Crippen LogP contribution in [0.4, 0.5) is 22.0 Å². The molecule has 26 heavy (non-hydrogen) atoms. The van der Waals surface area contributed by atoms with Gasteiger partial charge in [-0.15, -0.1) is 0 Å². The van der Waals surface area contributed by atoms with E-state index in [4.69, 9.17) is 0 Å². The van der Waals surface area contributed by atoms with Gasteiger partial charge < -0.3 is 5.11 Å². The molecule has 0 aliphatic carbocycles. The Balaban J connectivity index is 1.71. The lowest BCUT2D eigenvalue weighted by molar-refractivity contribution is -0.137. The molecule has 1 fully saturated rings. The van der Waals surface area contributed by atoms with Crippen molar-refractivity contribution in [3.8, 4) is 0 Å². The SMILES string of the molecule is OC1(c2cccc(C(F)(F)F)c2)CCN(Cc2c(F)cccc2F)CC1. The summed E-state index contributed by atoms with van der Waals surface area (Å²) in [6.07, 6.45) is -4.11. The third-order valence-electron chi connectivity index (χ3n) is 4.85. The van der Waals surface area contributed by atoms with Gasteiger partial charge in [-0.3, -0.25) is 4.90 Å². The van der Waals surface area contributed by atoms with Gasteiger partial charge in [0.05, 0.1) is 11.2 Å². The number of likely N-dealkylation sites (tertiary alicyclic amines) is 1. The molecule has 0 radical (unpaired) electrons. The number of hydrogen-bond acceptors (Lipinski definition) is 2. The van der Waals surface area contributed by atoms with E-state index >= 15 is 0 Å². The van der Waals surface area contributed by atoms with Crippen LogP contribution >= 0.6 is 0 Å². The van der Waals surface area contributed by atoms with E-state index in [0.29, 0.717) is 13.1 Å². The topological polar surface area (TPSA) is 23.5 Å². The minimum absolute atomic E-state index is 0.0444. The minimum Gasteiger partial charge on any atom is -0.385 e. The van der Waals surface area contributed by atoms with Crippen molar-refractivity contribution in [2.75, 3.05) is 13.1 Å². The average Bonchev–Trinajstić information content (AvgIpc) is 2.59. The number of nitrogens with zero attached hydrogens (tertiary/aromatic N) is 1. The Bertz CT molecular complexity index is 761. The monoisotopic (exact) mass is 371 g/mol. The summed E-state index contributed by atoms with van der Waals surface area (Å²) in [5, 5.41) is 10.8. The molecule has 0 unspecified atom stereocenters. The Hall–Kier alpha value is -1.99. The summed E-state index contributed by atoms with van der Waals surface area (Å²) in [6.45, 7) is 0.693. The van der Waals surface area contributed by atoms with Crippen molar-refractivity contribution in [2.45, 2.75) is 31.2 Å². The molecule has 0 bridgehead atoms. The van der Waals surface area contributed by atoms with Crippen LogP contribution in [0.2, 0.25) is 0 Å². The quantitative estimate of drug-likeness (QED) is 0.805. The number of piperidine rings is 1. The predicted octanol–water partition coefficient (Wildman–Crippen LogP) is 4.47. The van der Waals surface area contributed by atoms with Gasteiger partial charge in [0.2, 0.25) is 0 Å². The number of rotatable bonds is 3. The maximum absolute atomic E-state index is 13.8. The second kappa shape index (κ2) is 6.96. The molecular formula is C19H18F5NO. The van der Waals surface area contributed by atoms with E-state index in [1.54, 1.807) is 4.90 Å². The smallest absolute Gasteiger partial charge is 0.385 e. The summed E-state index contributed by atoms with van der Waals surface area (Å²) in [5.74, 6) is -1.27. The summed E-state index contributed by atoms with van der Waals surface area (Å²) in [4.78, 5) is 1.78. The van der Waals surface area contributed by atoms with Crippen molar-refractivity contribution in [1.29, 1.82) is 0 Å². The number of halogens is 5. The predicted molar refractivity (Wildman–Crippen MR) is 86.2 cm³/mol. The number of alkyl halides is 3. The first kappa shape index (κ1) is 18.8. The van der Waals surface area contributed by atoms with E-state index in [9.17, 15) is 27.1 Å². The van der Waals surface area contributed by atoms with Crippen LogP contribution in [0.3, 0.4) is 0 Å². The maximum Gasteiger partial charge on any atom is 0.416 e. The standard InChI is InChI=1S/C19H18F5NO/c20-16-5-2-6-17(21)15(16)12-25-9-7-18(26,8-10-25)13-3-1-4-14(11-13)19(22,23)24/h1-6,11,26H,7-10,12H2. The fourth-order valence-electron chi connectivity index (χ4n) is 3.26. The molecule has 7 heteroatoms. The van der Waals surface area contributed by atoms with Crippen LogP contribution in [-0.2, 0) is 18.3 Å². The maximum atomic E-state index is 13.8. The Kier molecular flexibility index (Phi) is 5.03. The van der Waals surface area contributed by atoms with E-state index in [2.05, 4.69) is 0 Å². The van der Waals surface area contributed by atoms with E-state index < -0.39 is 29.0 Å².